The van der Waals surface area contributed by atoms with E-state index in [0.29, 0.717) is 14.7 Å². The number of amides is 6. The van der Waals surface area contributed by atoms with E-state index >= 15 is 9.59 Å². The Balaban J connectivity index is 0.954. The van der Waals surface area contributed by atoms with E-state index in [1.165, 1.54) is 86.8 Å². The first-order valence-electron chi connectivity index (χ1n) is 32.1. The fraction of sp³-hybridized carbons (Fsp3) is 0.406. The fourth-order valence-electron chi connectivity index (χ4n) is 13.8. The second-order valence-electron chi connectivity index (χ2n) is 24.7. The number of carbonyl (C=O) groups excluding carboxylic acids is 11. The van der Waals surface area contributed by atoms with Crippen LogP contribution in [0.3, 0.4) is 0 Å². The van der Waals surface area contributed by atoms with Crippen LogP contribution in [0.2, 0.25) is 20.1 Å². The van der Waals surface area contributed by atoms with E-state index < -0.39 is 239 Å². The molecule has 35 heteroatoms. The molecule has 550 valence electrons. The number of aliphatic hydroxyl groups excluding tert-OH is 4. The van der Waals surface area contributed by atoms with E-state index in [4.69, 9.17) is 108 Å². The molecular weight excluding hydrogens is 1460 g/mol. The molecule has 0 bridgehead atoms. The van der Waals surface area contributed by atoms with Crippen LogP contribution in [-0.2, 0) is 76.0 Å². The van der Waals surface area contributed by atoms with E-state index in [9.17, 15) is 63.6 Å². The zero-order valence-electron chi connectivity index (χ0n) is 55.0. The van der Waals surface area contributed by atoms with Gasteiger partial charge < -0.3 is 82.0 Å². The first-order chi connectivity index (χ1) is 49.7. The summed E-state index contributed by atoms with van der Waals surface area (Å²) < 4.78 is 80.7. The van der Waals surface area contributed by atoms with Crippen LogP contribution < -0.4 is 0 Å². The number of aliphatic hydroxyl groups is 4. The van der Waals surface area contributed by atoms with E-state index in [-0.39, 0.29) is 33.4 Å². The third-order valence-electron chi connectivity index (χ3n) is 18.3. The van der Waals surface area contributed by atoms with Gasteiger partial charge in [0.2, 0.25) is 0 Å². The summed E-state index contributed by atoms with van der Waals surface area (Å²) >= 11 is 26.0. The monoisotopic (exact) mass is 1520 g/mol. The largest absolute Gasteiger partial charge is 0.457 e. The fourth-order valence-corrected chi connectivity index (χ4v) is 14.8. The molecule has 4 N–H and O–H groups in total. The molecule has 7 aliphatic rings. The summed E-state index contributed by atoms with van der Waals surface area (Å²) in [6.07, 6.45) is -33.6. The van der Waals surface area contributed by atoms with Gasteiger partial charge >= 0.3 is 29.8 Å². The first kappa shape index (κ1) is 75.2. The van der Waals surface area contributed by atoms with Gasteiger partial charge in [0.25, 0.3) is 35.4 Å². The summed E-state index contributed by atoms with van der Waals surface area (Å²) in [5, 5.41) is 45.7. The molecular formula is C69H63Cl4N3O28. The molecule has 5 aromatic rings. The highest BCUT2D eigenvalue weighted by molar-refractivity contribution is 6.55. The summed E-state index contributed by atoms with van der Waals surface area (Å²) in [5.74, 6) is -12.3. The zero-order chi connectivity index (χ0) is 74.6. The molecule has 6 amide bonds. The number of carbonyl (C=O) groups is 11. The molecule has 5 aromatic carbocycles. The molecule has 0 radical (unpaired) electrons. The average Bonchev–Trinajstić information content (AvgIpc) is 1.59. The van der Waals surface area contributed by atoms with E-state index in [1.54, 1.807) is 36.4 Å². The van der Waals surface area contributed by atoms with E-state index in [1.807, 2.05) is 0 Å². The van der Waals surface area contributed by atoms with Crippen LogP contribution in [0.1, 0.15) is 111 Å². The number of fused-ring (bicyclic) bond motifs is 3. The third kappa shape index (κ3) is 13.8. The zero-order valence-corrected chi connectivity index (χ0v) is 58.0. The number of ether oxygens (including phenoxy) is 13. The lowest BCUT2D eigenvalue weighted by molar-refractivity contribution is -0.364. The van der Waals surface area contributed by atoms with Gasteiger partial charge in [-0.05, 0) is 55.5 Å². The van der Waals surface area contributed by atoms with Gasteiger partial charge in [-0.3, -0.25) is 57.9 Å². The topological polar surface area (TPSA) is 398 Å². The molecule has 4 fully saturated rings. The molecule has 12 rings (SSSR count). The number of esters is 5. The Morgan fingerprint density at radius 1 is 0.423 bits per heavy atom. The number of imide groups is 3. The van der Waals surface area contributed by atoms with Crippen molar-refractivity contribution >= 4 is 112 Å². The maximum Gasteiger partial charge on any atom is 0.338 e. The minimum Gasteiger partial charge on any atom is -0.457 e. The molecule has 0 aromatic heterocycles. The predicted octanol–water partition coefficient (Wildman–Crippen LogP) is 3.90. The van der Waals surface area contributed by atoms with Gasteiger partial charge in [0, 0.05) is 27.9 Å². The lowest BCUT2D eigenvalue weighted by Gasteiger charge is -2.52. The quantitative estimate of drug-likeness (QED) is 0.0282. The average molecular weight is 1520 g/mol. The van der Waals surface area contributed by atoms with Crippen molar-refractivity contribution in [2.45, 2.75) is 150 Å². The Morgan fingerprint density at radius 3 is 1.24 bits per heavy atom. The number of hydrogen-bond donors (Lipinski definition) is 4. The molecule has 0 unspecified atom stereocenters. The summed E-state index contributed by atoms with van der Waals surface area (Å²) in [7, 11) is 1.18. The summed E-state index contributed by atoms with van der Waals surface area (Å²) in [4.78, 5) is 158. The maximum absolute atomic E-state index is 15.2. The molecule has 7 aliphatic heterocycles. The van der Waals surface area contributed by atoms with Crippen molar-refractivity contribution in [2.24, 2.45) is 0 Å². The van der Waals surface area contributed by atoms with Crippen molar-refractivity contribution in [3.63, 3.8) is 0 Å². The van der Waals surface area contributed by atoms with Crippen LogP contribution in [0.15, 0.2) is 109 Å². The standard InChI is InChI=1S/C69H63Cl4N3O28/c1-27-50(101-64(89)31-16-8-6-9-17-31)56(102-65(90)32-18-10-7-11-19-32)57(92-5)69(94-27)93-26-39-51(49(82)46(66(91)98-39)74-58(83)33-20-12-13-21-34(33)59(74)84)103-67-47(75-60(85)35-22-14-15-23-36(35)61(75)86)55(97-30(4)81)53(38(25-78)100-67)104-68-48(54(96-29(3)80)52(95-28(2)79)37(24-77)99-68)76-62(87)40-41(63(76)88)43(71)45(73)44(72)42(40)70/h6-23,27,37-39,46-57,66-69,77-78,82,91H,24-26H2,1-5H3/t27-,37+,38+,39+,46+,47+,48+,49+,50+,51+,52+,53+,54+,55+,56+,57-,66+,67-,68-,69+/m0/s1. The van der Waals surface area contributed by atoms with Crippen molar-refractivity contribution in [2.75, 3.05) is 26.9 Å². The van der Waals surface area contributed by atoms with Gasteiger partial charge in [-0.1, -0.05) is 107 Å². The van der Waals surface area contributed by atoms with Crippen LogP contribution in [0.4, 0.5) is 0 Å². The van der Waals surface area contributed by atoms with Crippen molar-refractivity contribution in [1.29, 1.82) is 0 Å². The van der Waals surface area contributed by atoms with Crippen LogP contribution in [0, 0.1) is 0 Å². The highest BCUT2D eigenvalue weighted by atomic mass is 35.5. The molecule has 0 aliphatic carbocycles. The summed E-state index contributed by atoms with van der Waals surface area (Å²) in [5.41, 5.74) is -1.96. The lowest BCUT2D eigenvalue weighted by atomic mass is 9.92. The van der Waals surface area contributed by atoms with Crippen LogP contribution >= 0.6 is 46.4 Å². The highest BCUT2D eigenvalue weighted by Crippen LogP contribution is 2.48. The lowest BCUT2D eigenvalue weighted by Crippen LogP contribution is -2.72. The molecule has 31 nitrogen and oxygen atoms in total. The summed E-state index contributed by atoms with van der Waals surface area (Å²) in [6.45, 7) is 0.791. The Bertz CT molecular complexity index is 4140. The van der Waals surface area contributed by atoms with E-state index in [2.05, 4.69) is 0 Å². The second kappa shape index (κ2) is 30.9. The van der Waals surface area contributed by atoms with Crippen LogP contribution in [0.25, 0.3) is 0 Å². The molecule has 0 saturated carbocycles. The van der Waals surface area contributed by atoms with Gasteiger partial charge in [0.15, 0.2) is 55.7 Å². The van der Waals surface area contributed by atoms with Crippen molar-refractivity contribution in [3.8, 4) is 0 Å². The van der Waals surface area contributed by atoms with Gasteiger partial charge in [0.1, 0.15) is 60.9 Å². The smallest absolute Gasteiger partial charge is 0.338 e. The third-order valence-corrected chi connectivity index (χ3v) is 20.1. The van der Waals surface area contributed by atoms with Gasteiger partial charge in [0.05, 0.1) is 90.5 Å². The Labute approximate surface area is 609 Å². The molecule has 20 atom stereocenters. The molecule has 0 spiro atoms. The van der Waals surface area contributed by atoms with Gasteiger partial charge in [-0.25, -0.2) is 9.59 Å². The number of methoxy groups -OCH3 is 1. The van der Waals surface area contributed by atoms with Gasteiger partial charge in [-0.15, -0.1) is 0 Å². The van der Waals surface area contributed by atoms with E-state index in [0.717, 1.165) is 20.8 Å². The Kier molecular flexibility index (Phi) is 22.4. The molecule has 4 saturated heterocycles. The highest BCUT2D eigenvalue weighted by Gasteiger charge is 2.64. The molecule has 104 heavy (non-hydrogen) atoms. The normalized spacial score (nSPS) is 30.9. The molecule has 7 heterocycles. The second-order valence-corrected chi connectivity index (χ2v) is 26.2. The minimum atomic E-state index is -2.40. The van der Waals surface area contributed by atoms with Gasteiger partial charge in [-0.2, -0.15) is 0 Å². The number of halogens is 4. The van der Waals surface area contributed by atoms with Crippen molar-refractivity contribution < 1.29 is 135 Å². The van der Waals surface area contributed by atoms with Crippen molar-refractivity contribution in [3.05, 3.63) is 174 Å². The predicted molar refractivity (Wildman–Crippen MR) is 349 cm³/mol. The number of hydrogen-bond acceptors (Lipinski definition) is 28. The number of rotatable bonds is 20. The Morgan fingerprint density at radius 2 is 0.808 bits per heavy atom. The Hall–Kier alpha value is -8.45. The van der Waals surface area contributed by atoms with Crippen molar-refractivity contribution in [1.82, 2.24) is 14.7 Å². The van der Waals surface area contributed by atoms with Crippen LogP contribution in [-0.4, -0.2) is 250 Å². The first-order valence-corrected chi connectivity index (χ1v) is 33.6. The number of benzene rings is 5. The summed E-state index contributed by atoms with van der Waals surface area (Å²) in [6, 6.07) is 19.7. The number of nitrogens with zero attached hydrogens (tertiary/aromatic N) is 3. The SMILES string of the molecule is CO[C@@H]1[C@H](OC[C@H]2O[C@@H](O)[C@H](N3C(=O)c4ccccc4C3=O)[C@@H](O)[C@@H]2O[C@@H]2O[C@H](CO)[C@@H](O[C@@H]3O[C@H](CO)[C@@H](OC(C)=O)[C@H](OC(C)=O)[C@H]3N3C(=O)c4c(Cl)c(Cl)c(Cl)c(Cl)c4C3=O)[C@H](OC(C)=O)[C@H]2N2C(=O)c3ccccc3C2=O)O[C@@H](C)[C@@H](OC(=O)c2ccccc2)[C@H]1OC(=O)c1ccccc1. The maximum atomic E-state index is 15.2. The van der Waals surface area contributed by atoms with Crippen LogP contribution in [0.5, 0.6) is 0 Å². The minimum absolute atomic E-state index is 0.0687.